The second-order valence-electron chi connectivity index (χ2n) is 1.21. The first-order chi connectivity index (χ1) is 3.43. The zero-order chi connectivity index (χ0) is 5.11. The van der Waals surface area contributed by atoms with E-state index in [9.17, 15) is 0 Å². The Kier molecular flexibility index (Phi) is 0.978. The van der Waals surface area contributed by atoms with Crippen LogP contribution in [0.1, 0.15) is 0 Å². The zero-order valence-electron chi connectivity index (χ0n) is 3.66. The summed E-state index contributed by atoms with van der Waals surface area (Å²) in [5.41, 5.74) is 0.569. The smallest absolute Gasteiger partial charge is 0.133 e. The predicted octanol–water partition coefficient (Wildman–Crippen LogP) is 0.360. The summed E-state index contributed by atoms with van der Waals surface area (Å²) in [6.45, 7) is 0.399. The van der Waals surface area contributed by atoms with Crippen molar-refractivity contribution in [1.82, 2.24) is 0 Å². The third-order valence-corrected chi connectivity index (χ3v) is 0.716. The first-order valence-corrected chi connectivity index (χ1v) is 1.92. The third-order valence-electron chi connectivity index (χ3n) is 0.716. The third kappa shape index (κ3) is 0.707. The lowest BCUT2D eigenvalue weighted by molar-refractivity contribution is 0.295. The molecule has 0 unspecified atom stereocenters. The molecule has 1 rings (SSSR count). The number of hydrogen-bond donors (Lipinski definition) is 1. The van der Waals surface area contributed by atoms with Crippen LogP contribution in [-0.4, -0.2) is 17.5 Å². The van der Waals surface area contributed by atoms with Crippen molar-refractivity contribution in [3.63, 3.8) is 0 Å². The summed E-state index contributed by atoms with van der Waals surface area (Å²) in [6, 6.07) is 0. The molecule has 3 heteroatoms. The van der Waals surface area contributed by atoms with E-state index in [0.29, 0.717) is 12.3 Å². The first kappa shape index (κ1) is 4.18. The highest BCUT2D eigenvalue weighted by molar-refractivity contribution is 5.96. The molecule has 0 amide bonds. The zero-order valence-corrected chi connectivity index (χ0v) is 3.66. The highest BCUT2D eigenvalue weighted by Crippen LogP contribution is 1.92. The summed E-state index contributed by atoms with van der Waals surface area (Å²) < 4.78 is 4.68. The molecule has 0 bridgehead atoms. The SMILES string of the molecule is ON=C1C=COC1. The minimum atomic E-state index is 0.399. The maximum Gasteiger partial charge on any atom is 0.133 e. The van der Waals surface area contributed by atoms with E-state index in [2.05, 4.69) is 9.89 Å². The molecule has 0 aromatic rings. The Balaban J connectivity index is 2.59. The molecule has 0 saturated carbocycles. The molecule has 0 aromatic heterocycles. The molecule has 7 heavy (non-hydrogen) atoms. The monoisotopic (exact) mass is 99.0 g/mol. The van der Waals surface area contributed by atoms with Gasteiger partial charge >= 0.3 is 0 Å². The predicted molar refractivity (Wildman–Crippen MR) is 24.3 cm³/mol. The van der Waals surface area contributed by atoms with Crippen molar-refractivity contribution in [1.29, 1.82) is 0 Å². The van der Waals surface area contributed by atoms with E-state index in [1.165, 1.54) is 6.26 Å². The van der Waals surface area contributed by atoms with Crippen LogP contribution in [-0.2, 0) is 4.74 Å². The van der Waals surface area contributed by atoms with Crippen LogP contribution in [0.4, 0.5) is 0 Å². The van der Waals surface area contributed by atoms with E-state index in [1.54, 1.807) is 6.08 Å². The van der Waals surface area contributed by atoms with Gasteiger partial charge in [-0.15, -0.1) is 0 Å². The Hall–Kier alpha value is -0.990. The highest BCUT2D eigenvalue weighted by Gasteiger charge is 1.98. The van der Waals surface area contributed by atoms with Crippen molar-refractivity contribution in [2.24, 2.45) is 5.16 Å². The van der Waals surface area contributed by atoms with Crippen LogP contribution < -0.4 is 0 Å². The molecular weight excluding hydrogens is 94.0 g/mol. The van der Waals surface area contributed by atoms with Gasteiger partial charge in [0.15, 0.2) is 0 Å². The van der Waals surface area contributed by atoms with Gasteiger partial charge in [0.05, 0.1) is 6.26 Å². The fourth-order valence-corrected chi connectivity index (χ4v) is 0.370. The summed E-state index contributed by atoms with van der Waals surface area (Å²) in [5.74, 6) is 0. The average molecular weight is 99.1 g/mol. The van der Waals surface area contributed by atoms with Gasteiger partial charge in [-0.25, -0.2) is 0 Å². The number of ether oxygens (including phenoxy) is 1. The van der Waals surface area contributed by atoms with Crippen molar-refractivity contribution in [3.05, 3.63) is 12.3 Å². The van der Waals surface area contributed by atoms with E-state index >= 15 is 0 Å². The molecule has 0 aliphatic carbocycles. The Morgan fingerprint density at radius 2 is 2.71 bits per heavy atom. The average Bonchev–Trinajstić information content (AvgIpc) is 2.14. The fourth-order valence-electron chi connectivity index (χ4n) is 0.370. The van der Waals surface area contributed by atoms with E-state index in [0.717, 1.165) is 0 Å². The quantitative estimate of drug-likeness (QED) is 0.352. The van der Waals surface area contributed by atoms with Gasteiger partial charge in [0.1, 0.15) is 12.3 Å². The van der Waals surface area contributed by atoms with Crippen LogP contribution in [0, 0.1) is 0 Å². The molecule has 0 radical (unpaired) electrons. The van der Waals surface area contributed by atoms with Gasteiger partial charge in [0.2, 0.25) is 0 Å². The summed E-state index contributed by atoms with van der Waals surface area (Å²) >= 11 is 0. The second kappa shape index (κ2) is 1.64. The van der Waals surface area contributed by atoms with Crippen LogP contribution >= 0.6 is 0 Å². The van der Waals surface area contributed by atoms with Gasteiger partial charge < -0.3 is 9.94 Å². The molecule has 0 fully saturated rings. The van der Waals surface area contributed by atoms with E-state index in [4.69, 9.17) is 5.21 Å². The van der Waals surface area contributed by atoms with E-state index < -0.39 is 0 Å². The van der Waals surface area contributed by atoms with Gasteiger partial charge in [0, 0.05) is 6.08 Å². The Labute approximate surface area is 40.9 Å². The van der Waals surface area contributed by atoms with Gasteiger partial charge in [-0.05, 0) is 0 Å². The lowest BCUT2D eigenvalue weighted by Gasteiger charge is -1.83. The van der Waals surface area contributed by atoms with Gasteiger partial charge in [-0.3, -0.25) is 0 Å². The molecule has 3 nitrogen and oxygen atoms in total. The molecule has 0 saturated heterocycles. The lowest BCUT2D eigenvalue weighted by atomic mass is 10.4. The normalized spacial score (nSPS) is 23.1. The van der Waals surface area contributed by atoms with Crippen LogP contribution in [0.3, 0.4) is 0 Å². The summed E-state index contributed by atoms with van der Waals surface area (Å²) in [4.78, 5) is 0. The maximum absolute atomic E-state index is 8.02. The maximum atomic E-state index is 8.02. The second-order valence-corrected chi connectivity index (χ2v) is 1.21. The van der Waals surface area contributed by atoms with Crippen LogP contribution in [0.2, 0.25) is 0 Å². The van der Waals surface area contributed by atoms with Crippen molar-refractivity contribution >= 4 is 5.71 Å². The standard InChI is InChI=1S/C4H5NO2/c6-5-4-1-2-7-3-4/h1-2,6H,3H2. The molecule has 1 heterocycles. The van der Waals surface area contributed by atoms with Crippen molar-refractivity contribution < 1.29 is 9.94 Å². The minimum Gasteiger partial charge on any atom is -0.495 e. The highest BCUT2D eigenvalue weighted by atomic mass is 16.5. The minimum absolute atomic E-state index is 0.399. The summed E-state index contributed by atoms with van der Waals surface area (Å²) in [5, 5.41) is 10.9. The van der Waals surface area contributed by atoms with E-state index in [1.807, 2.05) is 0 Å². The topological polar surface area (TPSA) is 41.8 Å². The Morgan fingerprint density at radius 3 is 3.00 bits per heavy atom. The van der Waals surface area contributed by atoms with Crippen LogP contribution in [0.15, 0.2) is 17.5 Å². The molecule has 1 aliphatic rings. The largest absolute Gasteiger partial charge is 0.495 e. The van der Waals surface area contributed by atoms with Crippen molar-refractivity contribution in [2.75, 3.05) is 6.61 Å². The lowest BCUT2D eigenvalue weighted by Crippen LogP contribution is -1.93. The molecule has 0 atom stereocenters. The van der Waals surface area contributed by atoms with Crippen molar-refractivity contribution in [3.8, 4) is 0 Å². The Bertz CT molecular complexity index is 114. The molecule has 1 N–H and O–H groups in total. The van der Waals surface area contributed by atoms with Crippen molar-refractivity contribution in [2.45, 2.75) is 0 Å². The van der Waals surface area contributed by atoms with Crippen LogP contribution in [0.25, 0.3) is 0 Å². The number of rotatable bonds is 0. The molecule has 1 aliphatic heterocycles. The van der Waals surface area contributed by atoms with Gasteiger partial charge in [-0.2, -0.15) is 0 Å². The summed E-state index contributed by atoms with van der Waals surface area (Å²) in [6.07, 6.45) is 3.11. The number of oxime groups is 1. The van der Waals surface area contributed by atoms with Gasteiger partial charge in [0.25, 0.3) is 0 Å². The number of hydrogen-bond acceptors (Lipinski definition) is 3. The Morgan fingerprint density at radius 1 is 1.86 bits per heavy atom. The van der Waals surface area contributed by atoms with E-state index in [-0.39, 0.29) is 0 Å². The van der Waals surface area contributed by atoms with Gasteiger partial charge in [-0.1, -0.05) is 5.16 Å². The summed E-state index contributed by atoms with van der Waals surface area (Å²) in [7, 11) is 0. The first-order valence-electron chi connectivity index (χ1n) is 1.92. The molecular formula is C4H5NO2. The molecule has 0 spiro atoms. The fraction of sp³-hybridized carbons (Fsp3) is 0.250. The van der Waals surface area contributed by atoms with Crippen LogP contribution in [0.5, 0.6) is 0 Å². The molecule has 0 aromatic carbocycles. The molecule has 38 valence electrons. The number of nitrogens with zero attached hydrogens (tertiary/aromatic N) is 1.